The van der Waals surface area contributed by atoms with E-state index in [1.165, 1.54) is 0 Å². The van der Waals surface area contributed by atoms with Gasteiger partial charge in [-0.15, -0.1) is 0 Å². The van der Waals surface area contributed by atoms with Crippen LogP contribution in [0.1, 0.15) is 55.5 Å². The summed E-state index contributed by atoms with van der Waals surface area (Å²) < 4.78 is 5.98. The average Bonchev–Trinajstić information content (AvgIpc) is 2.80. The molecule has 1 saturated carbocycles. The first kappa shape index (κ1) is 21.6. The van der Waals surface area contributed by atoms with Gasteiger partial charge in [-0.1, -0.05) is 26.0 Å². The van der Waals surface area contributed by atoms with E-state index in [1.54, 1.807) is 0 Å². The normalized spacial score (nSPS) is 20.8. The van der Waals surface area contributed by atoms with Gasteiger partial charge in [0, 0.05) is 18.3 Å². The third kappa shape index (κ3) is 4.69. The molecule has 2 heterocycles. The Balaban J connectivity index is 1.46. The van der Waals surface area contributed by atoms with Gasteiger partial charge in [0.1, 0.15) is 12.4 Å². The molecule has 1 aromatic heterocycles. The molecule has 1 aliphatic heterocycles. The maximum atomic E-state index is 13.2. The van der Waals surface area contributed by atoms with Crippen LogP contribution in [0.25, 0.3) is 0 Å². The van der Waals surface area contributed by atoms with E-state index in [2.05, 4.69) is 40.0 Å². The molecule has 2 aromatic rings. The van der Waals surface area contributed by atoms with Gasteiger partial charge in [0.2, 0.25) is 0 Å². The van der Waals surface area contributed by atoms with Crippen molar-refractivity contribution in [2.24, 2.45) is 0 Å². The van der Waals surface area contributed by atoms with E-state index in [9.17, 15) is 4.79 Å². The summed E-state index contributed by atoms with van der Waals surface area (Å²) >= 11 is 0. The second-order valence-corrected chi connectivity index (χ2v) is 8.55. The Bertz CT molecular complexity index is 887. The van der Waals surface area contributed by atoms with Gasteiger partial charge in [0.15, 0.2) is 5.75 Å². The van der Waals surface area contributed by atoms with Crippen molar-refractivity contribution >= 4 is 17.4 Å². The van der Waals surface area contributed by atoms with Crippen LogP contribution in [0.2, 0.25) is 0 Å². The smallest absolute Gasteiger partial charge is 0.255 e. The summed E-state index contributed by atoms with van der Waals surface area (Å²) in [5, 5.41) is 3.27. The minimum absolute atomic E-state index is 0.0399. The lowest BCUT2D eigenvalue weighted by molar-refractivity contribution is 0.0902. The van der Waals surface area contributed by atoms with Crippen molar-refractivity contribution < 1.29 is 9.53 Å². The second-order valence-electron chi connectivity index (χ2n) is 8.55. The number of rotatable bonds is 6. The Morgan fingerprint density at radius 1 is 1.16 bits per heavy atom. The lowest BCUT2D eigenvalue weighted by atomic mass is 9.90. The topological polar surface area (TPSA) is 57.7 Å². The highest BCUT2D eigenvalue weighted by Crippen LogP contribution is 2.38. The number of aromatic nitrogens is 1. The van der Waals surface area contributed by atoms with E-state index >= 15 is 0 Å². The first-order valence-corrected chi connectivity index (χ1v) is 11.6. The lowest BCUT2D eigenvalue weighted by Crippen LogP contribution is -2.44. The summed E-state index contributed by atoms with van der Waals surface area (Å²) in [6.45, 7) is 9.92. The van der Waals surface area contributed by atoms with Crippen LogP contribution < -0.4 is 15.0 Å². The Morgan fingerprint density at radius 2 is 1.94 bits per heavy atom. The van der Waals surface area contributed by atoms with Crippen molar-refractivity contribution in [1.29, 1.82) is 0 Å². The Labute approximate surface area is 185 Å². The molecule has 6 nitrogen and oxygen atoms in total. The van der Waals surface area contributed by atoms with Crippen LogP contribution in [-0.4, -0.2) is 54.1 Å². The van der Waals surface area contributed by atoms with Crippen molar-refractivity contribution in [3.05, 3.63) is 47.7 Å². The quantitative estimate of drug-likeness (QED) is 0.752. The summed E-state index contributed by atoms with van der Waals surface area (Å²) in [6, 6.07) is 10.7. The molecule has 6 heteroatoms. The molecule has 1 N–H and O–H groups in total. The Kier molecular flexibility index (Phi) is 6.76. The van der Waals surface area contributed by atoms with Crippen molar-refractivity contribution in [2.45, 2.75) is 58.5 Å². The highest BCUT2D eigenvalue weighted by molar-refractivity contribution is 5.99. The maximum Gasteiger partial charge on any atom is 0.255 e. The number of para-hydroxylation sites is 1. The van der Waals surface area contributed by atoms with Gasteiger partial charge in [-0.3, -0.25) is 4.79 Å². The number of carbonyl (C=O) groups excluding carboxylic acids is 1. The molecule has 4 rings (SSSR count). The minimum Gasteiger partial charge on any atom is -0.489 e. The van der Waals surface area contributed by atoms with E-state index in [1.807, 2.05) is 37.4 Å². The summed E-state index contributed by atoms with van der Waals surface area (Å²) in [4.78, 5) is 22.4. The highest BCUT2D eigenvalue weighted by atomic mass is 16.5. The van der Waals surface area contributed by atoms with E-state index < -0.39 is 0 Å². The van der Waals surface area contributed by atoms with Gasteiger partial charge < -0.3 is 19.9 Å². The molecule has 1 aliphatic carbocycles. The van der Waals surface area contributed by atoms with Gasteiger partial charge in [-0.25, -0.2) is 4.98 Å². The van der Waals surface area contributed by atoms with Crippen LogP contribution in [-0.2, 0) is 0 Å². The molecule has 31 heavy (non-hydrogen) atoms. The summed E-state index contributed by atoms with van der Waals surface area (Å²) in [7, 11) is 0. The number of pyridine rings is 1. The highest BCUT2D eigenvalue weighted by Gasteiger charge is 2.29. The number of nitrogens with zero attached hydrogens (tertiary/aromatic N) is 3. The zero-order valence-corrected chi connectivity index (χ0v) is 18.9. The lowest BCUT2D eigenvalue weighted by Gasteiger charge is -2.36. The van der Waals surface area contributed by atoms with E-state index in [0.29, 0.717) is 30.5 Å². The molecule has 0 unspecified atom stereocenters. The fraction of sp³-hybridized carbons (Fsp3) is 0.520. The monoisotopic (exact) mass is 422 g/mol. The third-order valence-corrected chi connectivity index (χ3v) is 6.62. The van der Waals surface area contributed by atoms with E-state index in [4.69, 9.17) is 4.74 Å². The molecular weight excluding hydrogens is 388 g/mol. The summed E-state index contributed by atoms with van der Waals surface area (Å²) in [5.74, 6) is 1.50. The average molecular weight is 423 g/mol. The zero-order chi connectivity index (χ0) is 21.8. The molecule has 2 aliphatic rings. The van der Waals surface area contributed by atoms with Crippen LogP contribution >= 0.6 is 0 Å². The number of hydrogen-bond acceptors (Lipinski definition) is 5. The van der Waals surface area contributed by atoms with Gasteiger partial charge in [-0.2, -0.15) is 0 Å². The van der Waals surface area contributed by atoms with Gasteiger partial charge in [0.25, 0.3) is 5.91 Å². The number of aryl methyl sites for hydroxylation is 1. The van der Waals surface area contributed by atoms with Crippen LogP contribution in [0.5, 0.6) is 5.75 Å². The number of fused-ring (bicyclic) bond motifs is 1. The minimum atomic E-state index is -0.0399. The first-order valence-electron chi connectivity index (χ1n) is 11.6. The van der Waals surface area contributed by atoms with Crippen LogP contribution in [0, 0.1) is 6.92 Å². The second kappa shape index (κ2) is 9.69. The van der Waals surface area contributed by atoms with Crippen molar-refractivity contribution in [3.63, 3.8) is 0 Å². The molecule has 1 fully saturated rings. The van der Waals surface area contributed by atoms with Crippen LogP contribution in [0.3, 0.4) is 0 Å². The predicted octanol–water partition coefficient (Wildman–Crippen LogP) is 4.30. The zero-order valence-electron chi connectivity index (χ0n) is 18.9. The van der Waals surface area contributed by atoms with Crippen molar-refractivity contribution in [1.82, 2.24) is 15.2 Å². The third-order valence-electron chi connectivity index (χ3n) is 6.62. The number of hydrogen-bond donors (Lipinski definition) is 1. The standard InChI is InChI=1S/C25H34N4O2/c1-4-28(5-2)20-12-10-19(11-13-20)27-25(30)21-7-6-8-22-24(21)31-16-15-29(22)23-14-9-18(3)17-26-23/h6-9,14,17,19-20H,4-5,10-13,15-16H2,1-3H3,(H,27,30). The Morgan fingerprint density at radius 3 is 2.61 bits per heavy atom. The van der Waals surface area contributed by atoms with E-state index in [0.717, 1.165) is 55.8 Å². The maximum absolute atomic E-state index is 13.2. The molecule has 0 spiro atoms. The van der Waals surface area contributed by atoms with Crippen LogP contribution in [0.4, 0.5) is 11.5 Å². The Hall–Kier alpha value is -2.60. The first-order chi connectivity index (χ1) is 15.1. The molecule has 1 aromatic carbocycles. The van der Waals surface area contributed by atoms with Gasteiger partial charge >= 0.3 is 0 Å². The fourth-order valence-electron chi connectivity index (χ4n) is 4.87. The summed E-state index contributed by atoms with van der Waals surface area (Å²) in [6.07, 6.45) is 6.21. The number of ether oxygens (including phenoxy) is 1. The molecule has 0 radical (unpaired) electrons. The number of benzene rings is 1. The van der Waals surface area contributed by atoms with Crippen molar-refractivity contribution in [2.75, 3.05) is 31.1 Å². The van der Waals surface area contributed by atoms with Crippen LogP contribution in [0.15, 0.2) is 36.5 Å². The predicted molar refractivity (Wildman–Crippen MR) is 124 cm³/mol. The molecule has 0 saturated heterocycles. The molecule has 0 atom stereocenters. The largest absolute Gasteiger partial charge is 0.489 e. The molecule has 166 valence electrons. The van der Waals surface area contributed by atoms with E-state index in [-0.39, 0.29) is 11.9 Å². The number of amides is 1. The number of nitrogens with one attached hydrogen (secondary N) is 1. The van der Waals surface area contributed by atoms with Gasteiger partial charge in [0.05, 0.1) is 17.8 Å². The summed E-state index contributed by atoms with van der Waals surface area (Å²) in [5.41, 5.74) is 2.64. The fourth-order valence-corrected chi connectivity index (χ4v) is 4.87. The number of anilines is 2. The molecule has 0 bridgehead atoms. The van der Waals surface area contributed by atoms with Crippen molar-refractivity contribution in [3.8, 4) is 5.75 Å². The van der Waals surface area contributed by atoms with Gasteiger partial charge in [-0.05, 0) is 69.5 Å². The number of carbonyl (C=O) groups is 1. The molecule has 1 amide bonds. The SMILES string of the molecule is CCN(CC)C1CCC(NC(=O)c2cccc3c2OCCN3c2ccc(C)cn2)CC1. The molecular formula is C25H34N4O2.